The van der Waals surface area contributed by atoms with Crippen LogP contribution in [0.5, 0.6) is 0 Å². The SMILES string of the molecule is CCCCCCCCCCCCCCCCCCCC(=O)OC[C@H](COP(=O)(O)O)OC(=O)CCC/C=C/C[C@@H]1[C@@H](/C=C/[C@@H](O)CCCCC)[C@H](O)C[C@@H]1O. The Kier molecular flexibility index (Phi) is 31.2. The molecule has 6 atom stereocenters. The van der Waals surface area contributed by atoms with E-state index in [1.54, 1.807) is 6.08 Å². The molecule has 0 aromatic carbocycles. The number of ether oxygens (including phenoxy) is 2. The van der Waals surface area contributed by atoms with Crippen LogP contribution in [0, 0.1) is 11.8 Å². The summed E-state index contributed by atoms with van der Waals surface area (Å²) in [6, 6.07) is 0. The highest BCUT2D eigenvalue weighted by Gasteiger charge is 2.39. The fourth-order valence-electron chi connectivity index (χ4n) is 7.19. The maximum atomic E-state index is 12.5. The van der Waals surface area contributed by atoms with Crippen molar-refractivity contribution in [1.29, 1.82) is 0 Å². The van der Waals surface area contributed by atoms with E-state index in [2.05, 4.69) is 18.4 Å². The van der Waals surface area contributed by atoms with Crippen LogP contribution in [-0.4, -0.2) is 74.7 Å². The van der Waals surface area contributed by atoms with Gasteiger partial charge in [0.1, 0.15) is 6.61 Å². The first kappa shape index (κ1) is 51.4. The normalized spacial score (nSPS) is 20.1. The zero-order valence-electron chi connectivity index (χ0n) is 34.4. The summed E-state index contributed by atoms with van der Waals surface area (Å²) in [7, 11) is -4.82. The van der Waals surface area contributed by atoms with Crippen LogP contribution in [0.1, 0.15) is 187 Å². The number of phosphoric acid groups is 1. The summed E-state index contributed by atoms with van der Waals surface area (Å²) in [6.45, 7) is 3.40. The average molecular weight is 803 g/mol. The molecule has 322 valence electrons. The lowest BCUT2D eigenvalue weighted by molar-refractivity contribution is -0.161. The van der Waals surface area contributed by atoms with Crippen LogP contribution >= 0.6 is 7.82 Å². The first-order valence-corrected chi connectivity index (χ1v) is 23.4. The molecular formula is C43H79O11P. The van der Waals surface area contributed by atoms with E-state index in [1.807, 2.05) is 18.2 Å². The standard InChI is InChI=1S/C43H79O11P/c1-3-5-7-8-9-10-11-12-13-14-15-16-17-18-19-20-25-29-42(47)52-34-37(35-53-55(49,50)51)54-43(48)30-26-22-21-24-28-38-39(41(46)33-40(38)45)32-31-36(44)27-23-6-4-2/h21,24,31-32,36-41,44-46H,3-20,22-23,25-30,33-35H2,1-2H3,(H2,49,50,51)/b24-21+,32-31+/t36-,37+,38+,39+,40-,41+/m0/s1. The minimum Gasteiger partial charge on any atom is -0.462 e. The lowest BCUT2D eigenvalue weighted by Crippen LogP contribution is -2.29. The summed E-state index contributed by atoms with van der Waals surface area (Å²) < 4.78 is 26.4. The van der Waals surface area contributed by atoms with Crippen LogP contribution in [0.25, 0.3) is 0 Å². The van der Waals surface area contributed by atoms with Crippen LogP contribution < -0.4 is 0 Å². The fourth-order valence-corrected chi connectivity index (χ4v) is 7.55. The van der Waals surface area contributed by atoms with Gasteiger partial charge < -0.3 is 34.6 Å². The average Bonchev–Trinajstić information content (AvgIpc) is 3.41. The zero-order valence-corrected chi connectivity index (χ0v) is 35.3. The van der Waals surface area contributed by atoms with E-state index < -0.39 is 50.8 Å². The minimum absolute atomic E-state index is 0.0377. The molecule has 1 aliphatic rings. The van der Waals surface area contributed by atoms with E-state index in [-0.39, 0.29) is 37.7 Å². The van der Waals surface area contributed by atoms with Gasteiger partial charge in [-0.25, -0.2) is 4.57 Å². The minimum atomic E-state index is -4.82. The maximum Gasteiger partial charge on any atom is 0.469 e. The molecule has 0 bridgehead atoms. The molecule has 0 saturated heterocycles. The molecule has 1 fully saturated rings. The Balaban J connectivity index is 2.26. The predicted molar refractivity (Wildman–Crippen MR) is 218 cm³/mol. The first-order valence-electron chi connectivity index (χ1n) is 21.9. The molecule has 1 saturated carbocycles. The molecule has 0 aromatic heterocycles. The predicted octanol–water partition coefficient (Wildman–Crippen LogP) is 9.56. The highest BCUT2D eigenvalue weighted by molar-refractivity contribution is 7.46. The van der Waals surface area contributed by atoms with Crippen molar-refractivity contribution >= 4 is 19.8 Å². The van der Waals surface area contributed by atoms with Gasteiger partial charge in [0, 0.05) is 25.2 Å². The van der Waals surface area contributed by atoms with Crippen LogP contribution in [0.3, 0.4) is 0 Å². The van der Waals surface area contributed by atoms with Gasteiger partial charge in [0.25, 0.3) is 0 Å². The van der Waals surface area contributed by atoms with Crippen molar-refractivity contribution in [2.75, 3.05) is 13.2 Å². The number of hydrogen-bond donors (Lipinski definition) is 5. The van der Waals surface area contributed by atoms with E-state index in [4.69, 9.17) is 19.3 Å². The van der Waals surface area contributed by atoms with Gasteiger partial charge in [-0.2, -0.15) is 0 Å². The molecule has 12 heteroatoms. The first-order chi connectivity index (χ1) is 26.5. The highest BCUT2D eigenvalue weighted by atomic mass is 31.2. The Morgan fingerprint density at radius 1 is 0.691 bits per heavy atom. The van der Waals surface area contributed by atoms with Gasteiger partial charge in [0.15, 0.2) is 6.10 Å². The van der Waals surface area contributed by atoms with Gasteiger partial charge >= 0.3 is 19.8 Å². The second kappa shape index (κ2) is 33.4. The van der Waals surface area contributed by atoms with Crippen molar-refractivity contribution < 1.29 is 53.3 Å². The quantitative estimate of drug-likeness (QED) is 0.0176. The van der Waals surface area contributed by atoms with Crippen molar-refractivity contribution in [1.82, 2.24) is 0 Å². The van der Waals surface area contributed by atoms with E-state index in [1.165, 1.54) is 83.5 Å². The summed E-state index contributed by atoms with van der Waals surface area (Å²) in [5.41, 5.74) is 0. The number of phosphoric ester groups is 1. The molecule has 0 aliphatic heterocycles. The van der Waals surface area contributed by atoms with Crippen molar-refractivity contribution in [2.24, 2.45) is 11.8 Å². The summed E-state index contributed by atoms with van der Waals surface area (Å²) in [4.78, 5) is 43.1. The van der Waals surface area contributed by atoms with Crippen LogP contribution in [0.4, 0.5) is 0 Å². The fraction of sp³-hybridized carbons (Fsp3) is 0.860. The van der Waals surface area contributed by atoms with Gasteiger partial charge in [-0.3, -0.25) is 14.1 Å². The Bertz CT molecular complexity index is 1060. The summed E-state index contributed by atoms with van der Waals surface area (Å²) in [5.74, 6) is -1.49. The van der Waals surface area contributed by atoms with Crippen molar-refractivity contribution in [2.45, 2.75) is 212 Å². The molecule has 0 amide bonds. The van der Waals surface area contributed by atoms with Gasteiger partial charge in [-0.15, -0.1) is 0 Å². The van der Waals surface area contributed by atoms with Crippen molar-refractivity contribution in [3.63, 3.8) is 0 Å². The summed E-state index contributed by atoms with van der Waals surface area (Å²) in [6.07, 6.45) is 31.4. The lowest BCUT2D eigenvalue weighted by atomic mass is 9.89. The summed E-state index contributed by atoms with van der Waals surface area (Å²) in [5, 5.41) is 31.2. The number of unbranched alkanes of at least 4 members (excludes halogenated alkanes) is 19. The molecular weight excluding hydrogens is 723 g/mol. The van der Waals surface area contributed by atoms with E-state index >= 15 is 0 Å². The van der Waals surface area contributed by atoms with E-state index in [0.29, 0.717) is 32.1 Å². The number of esters is 2. The summed E-state index contributed by atoms with van der Waals surface area (Å²) >= 11 is 0. The number of rotatable bonds is 36. The van der Waals surface area contributed by atoms with Gasteiger partial charge in [-0.05, 0) is 38.0 Å². The van der Waals surface area contributed by atoms with Crippen molar-refractivity contribution in [3.05, 3.63) is 24.3 Å². The van der Waals surface area contributed by atoms with E-state index in [0.717, 1.165) is 38.5 Å². The third-order valence-electron chi connectivity index (χ3n) is 10.5. The molecule has 1 rings (SSSR count). The van der Waals surface area contributed by atoms with Crippen molar-refractivity contribution in [3.8, 4) is 0 Å². The number of aliphatic hydroxyl groups excluding tert-OH is 3. The molecule has 0 spiro atoms. The molecule has 11 nitrogen and oxygen atoms in total. The molecule has 1 aliphatic carbocycles. The zero-order chi connectivity index (χ0) is 40.6. The Morgan fingerprint density at radius 3 is 1.78 bits per heavy atom. The number of carbonyl (C=O) groups is 2. The number of hydrogen-bond acceptors (Lipinski definition) is 9. The number of carbonyl (C=O) groups excluding carboxylic acids is 2. The monoisotopic (exact) mass is 803 g/mol. The van der Waals surface area contributed by atoms with E-state index in [9.17, 15) is 29.5 Å². The topological polar surface area (TPSA) is 180 Å². The maximum absolute atomic E-state index is 12.5. The third kappa shape index (κ3) is 29.3. The molecule has 55 heavy (non-hydrogen) atoms. The van der Waals surface area contributed by atoms with Crippen LogP contribution in [0.15, 0.2) is 24.3 Å². The molecule has 0 heterocycles. The smallest absolute Gasteiger partial charge is 0.462 e. The number of allylic oxidation sites excluding steroid dienone is 2. The molecule has 0 unspecified atom stereocenters. The lowest BCUT2D eigenvalue weighted by Gasteiger charge is -2.19. The second-order valence-electron chi connectivity index (χ2n) is 15.6. The van der Waals surface area contributed by atoms with Gasteiger partial charge in [0.05, 0.1) is 24.9 Å². The molecule has 0 aromatic rings. The Morgan fingerprint density at radius 2 is 1.22 bits per heavy atom. The third-order valence-corrected chi connectivity index (χ3v) is 11.0. The second-order valence-corrected chi connectivity index (χ2v) is 16.9. The highest BCUT2D eigenvalue weighted by Crippen LogP contribution is 2.37. The number of aliphatic hydroxyl groups is 3. The van der Waals surface area contributed by atoms with Crippen LogP contribution in [0.2, 0.25) is 0 Å². The molecule has 5 N–H and O–H groups in total. The molecule has 0 radical (unpaired) electrons. The Hall–Kier alpha value is -1.59. The largest absolute Gasteiger partial charge is 0.469 e. The van der Waals surface area contributed by atoms with Gasteiger partial charge in [0.2, 0.25) is 0 Å². The van der Waals surface area contributed by atoms with Crippen LogP contribution in [-0.2, 0) is 28.2 Å². The van der Waals surface area contributed by atoms with Gasteiger partial charge in [-0.1, -0.05) is 160 Å². The Labute approximate surface area is 333 Å².